The first-order valence-electron chi connectivity index (χ1n) is 9.04. The minimum atomic E-state index is -0.0658. The largest absolute Gasteiger partial charge is 0.384 e. The van der Waals surface area contributed by atoms with Crippen molar-refractivity contribution in [3.05, 3.63) is 59.2 Å². The molecule has 5 heteroatoms. The lowest BCUT2D eigenvalue weighted by atomic mass is 9.98. The lowest BCUT2D eigenvalue weighted by Crippen LogP contribution is -2.28. The van der Waals surface area contributed by atoms with E-state index in [0.29, 0.717) is 19.4 Å². The molecule has 0 saturated carbocycles. The topological polar surface area (TPSA) is 70.2 Å². The van der Waals surface area contributed by atoms with Gasteiger partial charge in [-0.3, -0.25) is 9.59 Å². The molecule has 1 unspecified atom stereocenters. The highest BCUT2D eigenvalue weighted by Gasteiger charge is 2.17. The van der Waals surface area contributed by atoms with Gasteiger partial charge < -0.3 is 16.0 Å². The van der Waals surface area contributed by atoms with Crippen LogP contribution >= 0.6 is 0 Å². The lowest BCUT2D eigenvalue weighted by molar-refractivity contribution is -0.121. The third kappa shape index (κ3) is 4.42. The maximum Gasteiger partial charge on any atom is 0.224 e. The fourth-order valence-corrected chi connectivity index (χ4v) is 3.15. The molecule has 5 nitrogen and oxygen atoms in total. The van der Waals surface area contributed by atoms with Crippen LogP contribution in [-0.4, -0.2) is 18.4 Å². The Bertz CT molecular complexity index is 817. The minimum absolute atomic E-state index is 0.0182. The summed E-state index contributed by atoms with van der Waals surface area (Å²) in [5.41, 5.74) is 5.29. The van der Waals surface area contributed by atoms with E-state index in [-0.39, 0.29) is 17.9 Å². The number of carbonyl (C=O) groups is 2. The second kappa shape index (κ2) is 8.04. The molecule has 0 radical (unpaired) electrons. The van der Waals surface area contributed by atoms with Gasteiger partial charge in [0.1, 0.15) is 0 Å². The normalized spacial score (nSPS) is 14.2. The molecule has 0 fully saturated rings. The van der Waals surface area contributed by atoms with Crippen molar-refractivity contribution in [3.8, 4) is 0 Å². The Hall–Kier alpha value is -2.82. The second-order valence-corrected chi connectivity index (χ2v) is 6.75. The summed E-state index contributed by atoms with van der Waals surface area (Å²) in [6.07, 6.45) is 1.68. The number of rotatable bonds is 6. The standard InChI is InChI=1S/C21H25N3O2/c1-14-5-3-4-6-18(14)22-12-11-21(26)23-15(2)16-7-9-19-17(13-16)8-10-20(25)24-19/h3-7,9,13,15,22H,8,10-12H2,1-2H3,(H,23,26)(H,24,25). The van der Waals surface area contributed by atoms with Crippen LogP contribution in [0.1, 0.15) is 42.5 Å². The molecule has 1 aliphatic rings. The number of para-hydroxylation sites is 1. The number of benzene rings is 2. The number of carbonyl (C=O) groups excluding carboxylic acids is 2. The van der Waals surface area contributed by atoms with Crippen molar-refractivity contribution < 1.29 is 9.59 Å². The van der Waals surface area contributed by atoms with Crippen LogP contribution in [0.5, 0.6) is 0 Å². The first-order chi connectivity index (χ1) is 12.5. The summed E-state index contributed by atoms with van der Waals surface area (Å²) in [7, 11) is 0. The van der Waals surface area contributed by atoms with E-state index in [1.54, 1.807) is 0 Å². The molecule has 2 aromatic carbocycles. The van der Waals surface area contributed by atoms with Crippen molar-refractivity contribution in [2.24, 2.45) is 0 Å². The SMILES string of the molecule is Cc1ccccc1NCCC(=O)NC(C)c1ccc2c(c1)CCC(=O)N2. The van der Waals surface area contributed by atoms with Crippen molar-refractivity contribution in [3.63, 3.8) is 0 Å². The van der Waals surface area contributed by atoms with Gasteiger partial charge in [-0.05, 0) is 49.1 Å². The van der Waals surface area contributed by atoms with Crippen LogP contribution in [0.25, 0.3) is 0 Å². The fraction of sp³-hybridized carbons (Fsp3) is 0.333. The molecule has 1 atom stereocenters. The zero-order chi connectivity index (χ0) is 18.5. The Morgan fingerprint density at radius 2 is 2.00 bits per heavy atom. The second-order valence-electron chi connectivity index (χ2n) is 6.75. The molecular formula is C21H25N3O2. The Labute approximate surface area is 154 Å². The summed E-state index contributed by atoms with van der Waals surface area (Å²) < 4.78 is 0. The summed E-state index contributed by atoms with van der Waals surface area (Å²) in [5.74, 6) is 0.0809. The first-order valence-corrected chi connectivity index (χ1v) is 9.04. The number of aryl methyl sites for hydroxylation is 2. The summed E-state index contributed by atoms with van der Waals surface area (Å²) in [4.78, 5) is 23.7. The van der Waals surface area contributed by atoms with Crippen LogP contribution < -0.4 is 16.0 Å². The molecule has 1 heterocycles. The molecule has 3 N–H and O–H groups in total. The molecule has 2 amide bonds. The fourth-order valence-electron chi connectivity index (χ4n) is 3.15. The number of hydrogen-bond donors (Lipinski definition) is 3. The molecule has 1 aliphatic heterocycles. The zero-order valence-corrected chi connectivity index (χ0v) is 15.3. The number of anilines is 2. The first kappa shape index (κ1) is 18.0. The number of amides is 2. The Kier molecular flexibility index (Phi) is 5.56. The summed E-state index contributed by atoms with van der Waals surface area (Å²) in [5, 5.41) is 9.23. The lowest BCUT2D eigenvalue weighted by Gasteiger charge is -2.20. The van der Waals surface area contributed by atoms with Gasteiger partial charge in [-0.2, -0.15) is 0 Å². The highest BCUT2D eigenvalue weighted by molar-refractivity contribution is 5.93. The number of fused-ring (bicyclic) bond motifs is 1. The van der Waals surface area contributed by atoms with Crippen molar-refractivity contribution in [1.29, 1.82) is 0 Å². The van der Waals surface area contributed by atoms with Crippen molar-refractivity contribution in [2.75, 3.05) is 17.2 Å². The maximum atomic E-state index is 12.2. The van der Waals surface area contributed by atoms with E-state index in [2.05, 4.69) is 22.0 Å². The van der Waals surface area contributed by atoms with Gasteiger partial charge in [0.05, 0.1) is 6.04 Å². The summed E-state index contributed by atoms with van der Waals surface area (Å²) >= 11 is 0. The van der Waals surface area contributed by atoms with Gasteiger partial charge in [-0.15, -0.1) is 0 Å². The zero-order valence-electron chi connectivity index (χ0n) is 15.3. The molecule has 0 spiro atoms. The summed E-state index contributed by atoms with van der Waals surface area (Å²) in [6.45, 7) is 4.62. The molecule has 0 saturated heterocycles. The Morgan fingerprint density at radius 1 is 1.19 bits per heavy atom. The van der Waals surface area contributed by atoms with E-state index < -0.39 is 0 Å². The minimum Gasteiger partial charge on any atom is -0.384 e. The van der Waals surface area contributed by atoms with E-state index in [1.807, 2.05) is 50.2 Å². The molecule has 0 aliphatic carbocycles. The molecule has 0 bridgehead atoms. The molecule has 2 aromatic rings. The van der Waals surface area contributed by atoms with E-state index in [9.17, 15) is 9.59 Å². The monoisotopic (exact) mass is 351 g/mol. The van der Waals surface area contributed by atoms with E-state index >= 15 is 0 Å². The number of hydrogen-bond acceptors (Lipinski definition) is 3. The van der Waals surface area contributed by atoms with Gasteiger partial charge in [0.25, 0.3) is 0 Å². The highest BCUT2D eigenvalue weighted by Crippen LogP contribution is 2.26. The quantitative estimate of drug-likeness (QED) is 0.745. The van der Waals surface area contributed by atoms with E-state index in [1.165, 1.54) is 5.56 Å². The average Bonchev–Trinajstić information content (AvgIpc) is 2.62. The van der Waals surface area contributed by atoms with Crippen LogP contribution in [-0.2, 0) is 16.0 Å². The van der Waals surface area contributed by atoms with Crippen molar-refractivity contribution in [2.45, 2.75) is 39.2 Å². The maximum absolute atomic E-state index is 12.2. The number of nitrogens with one attached hydrogen (secondary N) is 3. The van der Waals surface area contributed by atoms with Gasteiger partial charge in [-0.25, -0.2) is 0 Å². The third-order valence-corrected chi connectivity index (χ3v) is 4.71. The van der Waals surface area contributed by atoms with Gasteiger partial charge in [0, 0.05) is 30.8 Å². The Balaban J connectivity index is 1.51. The Morgan fingerprint density at radius 3 is 2.81 bits per heavy atom. The molecule has 26 heavy (non-hydrogen) atoms. The van der Waals surface area contributed by atoms with Gasteiger partial charge >= 0.3 is 0 Å². The van der Waals surface area contributed by atoms with E-state index in [4.69, 9.17) is 0 Å². The molecule has 3 rings (SSSR count). The molecular weight excluding hydrogens is 326 g/mol. The molecule has 0 aromatic heterocycles. The summed E-state index contributed by atoms with van der Waals surface area (Å²) in [6, 6.07) is 13.9. The highest BCUT2D eigenvalue weighted by atomic mass is 16.2. The van der Waals surface area contributed by atoms with E-state index in [0.717, 1.165) is 28.9 Å². The van der Waals surface area contributed by atoms with Crippen LogP contribution in [0.4, 0.5) is 11.4 Å². The van der Waals surface area contributed by atoms with Gasteiger partial charge in [0.15, 0.2) is 0 Å². The predicted octanol–water partition coefficient (Wildman–Crippen LogP) is 3.56. The van der Waals surface area contributed by atoms with Crippen LogP contribution in [0.3, 0.4) is 0 Å². The third-order valence-electron chi connectivity index (χ3n) is 4.71. The predicted molar refractivity (Wildman–Crippen MR) is 104 cm³/mol. The van der Waals surface area contributed by atoms with Crippen molar-refractivity contribution in [1.82, 2.24) is 5.32 Å². The van der Waals surface area contributed by atoms with Crippen LogP contribution in [0, 0.1) is 6.92 Å². The van der Waals surface area contributed by atoms with Crippen molar-refractivity contribution >= 4 is 23.2 Å². The average molecular weight is 351 g/mol. The molecule has 136 valence electrons. The van der Waals surface area contributed by atoms with Gasteiger partial charge in [0.2, 0.25) is 11.8 Å². The van der Waals surface area contributed by atoms with Gasteiger partial charge in [-0.1, -0.05) is 30.3 Å². The van der Waals surface area contributed by atoms with Crippen LogP contribution in [0.2, 0.25) is 0 Å². The van der Waals surface area contributed by atoms with Crippen LogP contribution in [0.15, 0.2) is 42.5 Å². The smallest absolute Gasteiger partial charge is 0.224 e.